The van der Waals surface area contributed by atoms with E-state index < -0.39 is 39.6 Å². The van der Waals surface area contributed by atoms with E-state index in [0.717, 1.165) is 17.7 Å². The fraction of sp³-hybridized carbons (Fsp3) is 0.278. The van der Waals surface area contributed by atoms with E-state index in [1.54, 1.807) is 19.1 Å². The first kappa shape index (κ1) is 21.5. The van der Waals surface area contributed by atoms with Crippen molar-refractivity contribution in [2.75, 3.05) is 13.2 Å². The molecule has 0 saturated heterocycles. The first-order valence-electron chi connectivity index (χ1n) is 8.24. The van der Waals surface area contributed by atoms with Crippen molar-refractivity contribution in [2.24, 2.45) is 0 Å². The molecule has 28 heavy (non-hydrogen) atoms. The Hall–Kier alpha value is -2.82. The van der Waals surface area contributed by atoms with E-state index in [9.17, 15) is 33.5 Å². The monoisotopic (exact) mass is 408 g/mol. The average molecular weight is 408 g/mol. The Morgan fingerprint density at radius 3 is 2.11 bits per heavy atom. The summed E-state index contributed by atoms with van der Waals surface area (Å²) in [4.78, 5) is 22.3. The number of non-ortho nitro benzene ring substituents is 1. The smallest absolute Gasteiger partial charge is 0.329 e. The summed E-state index contributed by atoms with van der Waals surface area (Å²) in [5, 5.41) is 30.2. The van der Waals surface area contributed by atoms with Gasteiger partial charge in [-0.2, -0.15) is 4.31 Å². The van der Waals surface area contributed by atoms with E-state index in [-0.39, 0.29) is 16.1 Å². The second kappa shape index (κ2) is 8.05. The lowest BCUT2D eigenvalue weighted by atomic mass is 9.91. The van der Waals surface area contributed by atoms with Crippen LogP contribution in [0.5, 0.6) is 0 Å². The third-order valence-electron chi connectivity index (χ3n) is 4.47. The van der Waals surface area contributed by atoms with E-state index in [0.29, 0.717) is 4.31 Å². The molecule has 2 N–H and O–H groups in total. The molecule has 0 bridgehead atoms. The molecular formula is C18H20N2O7S. The van der Waals surface area contributed by atoms with Crippen LogP contribution >= 0.6 is 0 Å². The van der Waals surface area contributed by atoms with Crippen molar-refractivity contribution in [1.29, 1.82) is 0 Å². The van der Waals surface area contributed by atoms with Crippen LogP contribution in [-0.2, 0) is 20.4 Å². The number of aliphatic carboxylic acids is 1. The summed E-state index contributed by atoms with van der Waals surface area (Å²) in [6.07, 6.45) is 0. The van der Waals surface area contributed by atoms with E-state index in [4.69, 9.17) is 0 Å². The van der Waals surface area contributed by atoms with Gasteiger partial charge in [-0.15, -0.1) is 0 Å². The van der Waals surface area contributed by atoms with Gasteiger partial charge in [0.15, 0.2) is 5.54 Å². The fourth-order valence-electron chi connectivity index (χ4n) is 2.79. The lowest BCUT2D eigenvalue weighted by Gasteiger charge is -2.37. The second-order valence-corrected chi connectivity index (χ2v) is 8.16. The molecule has 0 aromatic heterocycles. The number of nitro benzene ring substituents is 1. The molecule has 0 aliphatic heterocycles. The van der Waals surface area contributed by atoms with Gasteiger partial charge in [-0.05, 0) is 43.7 Å². The lowest BCUT2D eigenvalue weighted by Crippen LogP contribution is -2.53. The molecule has 0 fully saturated rings. The second-order valence-electron chi connectivity index (χ2n) is 6.30. The summed E-state index contributed by atoms with van der Waals surface area (Å²) in [5.74, 6) is -1.48. The number of carboxylic acids is 1. The van der Waals surface area contributed by atoms with Crippen LogP contribution in [0.2, 0.25) is 0 Å². The van der Waals surface area contributed by atoms with E-state index >= 15 is 0 Å². The number of benzene rings is 2. The molecule has 0 radical (unpaired) electrons. The summed E-state index contributed by atoms with van der Waals surface area (Å²) < 4.78 is 27.0. The molecule has 0 spiro atoms. The zero-order valence-electron chi connectivity index (χ0n) is 15.3. The number of sulfonamides is 1. The fourth-order valence-corrected chi connectivity index (χ4v) is 4.52. The van der Waals surface area contributed by atoms with Crippen LogP contribution in [0.3, 0.4) is 0 Å². The van der Waals surface area contributed by atoms with Gasteiger partial charge in [-0.3, -0.25) is 10.1 Å². The van der Waals surface area contributed by atoms with Gasteiger partial charge >= 0.3 is 5.97 Å². The van der Waals surface area contributed by atoms with Crippen molar-refractivity contribution in [2.45, 2.75) is 24.3 Å². The van der Waals surface area contributed by atoms with Gasteiger partial charge in [0.25, 0.3) is 5.69 Å². The van der Waals surface area contributed by atoms with Crippen molar-refractivity contribution >= 4 is 21.7 Å². The quantitative estimate of drug-likeness (QED) is 0.502. The van der Waals surface area contributed by atoms with Crippen molar-refractivity contribution in [3.05, 3.63) is 69.8 Å². The van der Waals surface area contributed by atoms with E-state index in [1.807, 2.05) is 0 Å². The molecule has 2 rings (SSSR count). The van der Waals surface area contributed by atoms with Crippen LogP contribution in [0.25, 0.3) is 0 Å². The van der Waals surface area contributed by atoms with Crippen LogP contribution < -0.4 is 0 Å². The van der Waals surface area contributed by atoms with Crippen molar-refractivity contribution in [3.63, 3.8) is 0 Å². The number of hydrogen-bond donors (Lipinski definition) is 2. The number of carbonyl (C=O) groups is 1. The van der Waals surface area contributed by atoms with Gasteiger partial charge < -0.3 is 10.2 Å². The van der Waals surface area contributed by atoms with Crippen molar-refractivity contribution in [1.82, 2.24) is 4.31 Å². The van der Waals surface area contributed by atoms with Gasteiger partial charge in [0.05, 0.1) is 16.4 Å². The maximum atomic E-state index is 13.2. The minimum absolute atomic E-state index is 0.0229. The number of aliphatic hydroxyl groups excluding tert-OH is 1. The Balaban J connectivity index is 2.65. The molecule has 2 aromatic carbocycles. The number of rotatable bonds is 8. The minimum Gasteiger partial charge on any atom is -0.480 e. The van der Waals surface area contributed by atoms with Crippen LogP contribution in [0.4, 0.5) is 5.69 Å². The van der Waals surface area contributed by atoms with Crippen LogP contribution in [-0.4, -0.2) is 47.0 Å². The molecular weight excluding hydrogens is 388 g/mol. The van der Waals surface area contributed by atoms with E-state index in [2.05, 4.69) is 0 Å². The number of nitrogens with zero attached hydrogens (tertiary/aromatic N) is 2. The Kier molecular flexibility index (Phi) is 6.17. The Morgan fingerprint density at radius 1 is 1.14 bits per heavy atom. The highest BCUT2D eigenvalue weighted by Crippen LogP contribution is 2.34. The Bertz CT molecular complexity index is 972. The number of hydrogen-bond acceptors (Lipinski definition) is 6. The molecule has 0 aliphatic rings. The predicted octanol–water partition coefficient (Wildman–Crippen LogP) is 1.89. The maximum Gasteiger partial charge on any atom is 0.329 e. The lowest BCUT2D eigenvalue weighted by molar-refractivity contribution is -0.384. The number of aryl methyl sites for hydroxylation is 1. The van der Waals surface area contributed by atoms with Gasteiger partial charge in [0.1, 0.15) is 0 Å². The molecule has 0 saturated carbocycles. The largest absolute Gasteiger partial charge is 0.480 e. The van der Waals surface area contributed by atoms with E-state index in [1.165, 1.54) is 31.2 Å². The standard InChI is InChI=1S/C18H20N2O7S/c1-13-3-9-16(10-4-13)28(26,27)19(11-12-21)18(2,17(22)23)14-5-7-15(8-6-14)20(24)25/h3-10,21H,11-12H2,1-2H3,(H,22,23)/t18-/m1/s1. The van der Waals surface area contributed by atoms with Crippen molar-refractivity contribution in [3.8, 4) is 0 Å². The summed E-state index contributed by atoms with van der Waals surface area (Å²) in [6.45, 7) is 1.87. The summed E-state index contributed by atoms with van der Waals surface area (Å²) >= 11 is 0. The molecule has 2 aromatic rings. The van der Waals surface area contributed by atoms with Gasteiger partial charge in [-0.25, -0.2) is 13.2 Å². The topological polar surface area (TPSA) is 138 Å². The zero-order valence-corrected chi connectivity index (χ0v) is 16.1. The molecule has 10 heteroatoms. The third kappa shape index (κ3) is 3.88. The highest BCUT2D eigenvalue weighted by molar-refractivity contribution is 7.89. The molecule has 150 valence electrons. The van der Waals surface area contributed by atoms with Crippen LogP contribution in [0.15, 0.2) is 53.4 Å². The van der Waals surface area contributed by atoms with Gasteiger partial charge in [0, 0.05) is 18.7 Å². The molecule has 0 amide bonds. The molecule has 0 aliphatic carbocycles. The maximum absolute atomic E-state index is 13.2. The molecule has 0 unspecified atom stereocenters. The van der Waals surface area contributed by atoms with Crippen LogP contribution in [0.1, 0.15) is 18.1 Å². The molecule has 1 atom stereocenters. The number of carboxylic acid groups (broad SMARTS) is 1. The van der Waals surface area contributed by atoms with Crippen LogP contribution in [0, 0.1) is 17.0 Å². The van der Waals surface area contributed by atoms with Gasteiger partial charge in [-0.1, -0.05) is 17.7 Å². The number of aliphatic hydroxyl groups is 1. The predicted molar refractivity (Wildman–Crippen MR) is 100 cm³/mol. The molecule has 0 heterocycles. The summed E-state index contributed by atoms with van der Waals surface area (Å²) in [7, 11) is -4.30. The highest BCUT2D eigenvalue weighted by Gasteiger charge is 2.47. The number of nitro groups is 1. The summed E-state index contributed by atoms with van der Waals surface area (Å²) in [6, 6.07) is 10.5. The van der Waals surface area contributed by atoms with Crippen molar-refractivity contribution < 1.29 is 28.3 Å². The first-order chi connectivity index (χ1) is 13.0. The molecule has 9 nitrogen and oxygen atoms in total. The SMILES string of the molecule is Cc1ccc(S(=O)(=O)N(CCO)[C@@](C)(C(=O)O)c2ccc([N+](=O)[O-])cc2)cc1. The third-order valence-corrected chi connectivity index (χ3v) is 6.46. The Morgan fingerprint density at radius 2 is 1.68 bits per heavy atom. The highest BCUT2D eigenvalue weighted by atomic mass is 32.2. The first-order valence-corrected chi connectivity index (χ1v) is 9.68. The minimum atomic E-state index is -4.30. The normalized spacial score (nSPS) is 13.9. The average Bonchev–Trinajstić information content (AvgIpc) is 2.65. The Labute approximate surface area is 162 Å². The summed E-state index contributed by atoms with van der Waals surface area (Å²) in [5.41, 5.74) is -1.51. The van der Waals surface area contributed by atoms with Gasteiger partial charge in [0.2, 0.25) is 10.0 Å². The zero-order chi connectivity index (χ0) is 21.1.